The van der Waals surface area contributed by atoms with Gasteiger partial charge < -0.3 is 10.1 Å². The summed E-state index contributed by atoms with van der Waals surface area (Å²) in [4.78, 5) is 0. The summed E-state index contributed by atoms with van der Waals surface area (Å²) in [6.45, 7) is 1.39. The highest BCUT2D eigenvalue weighted by molar-refractivity contribution is 4.46. The van der Waals surface area contributed by atoms with Gasteiger partial charge in [0, 0.05) is 13.7 Å². The van der Waals surface area contributed by atoms with Crippen LogP contribution < -0.4 is 5.32 Å². The molecule has 0 aromatic carbocycles. The Labute approximate surface area is 75.2 Å². The standard InChI is InChI=1S/C7H14F3NO2/c1-12-6-4-11-3-2-5-13-7(8,9)10/h11H,2-6H2,1H3. The molecule has 0 amide bonds. The highest BCUT2D eigenvalue weighted by Gasteiger charge is 2.28. The molecule has 0 aromatic rings. The van der Waals surface area contributed by atoms with Crippen molar-refractivity contribution in [3.05, 3.63) is 0 Å². The zero-order valence-corrected chi connectivity index (χ0v) is 7.49. The van der Waals surface area contributed by atoms with Gasteiger partial charge in [-0.05, 0) is 13.0 Å². The maximum atomic E-state index is 11.4. The molecule has 0 aliphatic carbocycles. The van der Waals surface area contributed by atoms with Crippen molar-refractivity contribution in [2.45, 2.75) is 12.8 Å². The minimum absolute atomic E-state index is 0.302. The quantitative estimate of drug-likeness (QED) is 0.627. The number of ether oxygens (including phenoxy) is 2. The number of halogens is 3. The van der Waals surface area contributed by atoms with Crippen LogP contribution in [-0.4, -0.2) is 39.8 Å². The number of rotatable bonds is 7. The molecule has 3 nitrogen and oxygen atoms in total. The Kier molecular flexibility index (Phi) is 6.93. The number of methoxy groups -OCH3 is 1. The number of alkyl halides is 3. The first-order chi connectivity index (χ1) is 6.06. The number of hydrogen-bond donors (Lipinski definition) is 1. The second-order valence-electron chi connectivity index (χ2n) is 2.39. The second kappa shape index (κ2) is 7.11. The zero-order chi connectivity index (χ0) is 10.2. The van der Waals surface area contributed by atoms with Crippen molar-refractivity contribution in [3.8, 4) is 0 Å². The Bertz CT molecular complexity index is 119. The average molecular weight is 201 g/mol. The third-order valence-corrected chi connectivity index (χ3v) is 1.25. The molecule has 0 radical (unpaired) electrons. The van der Waals surface area contributed by atoms with Gasteiger partial charge in [-0.2, -0.15) is 0 Å². The van der Waals surface area contributed by atoms with Crippen LogP contribution in [0.4, 0.5) is 13.2 Å². The van der Waals surface area contributed by atoms with Gasteiger partial charge in [0.25, 0.3) is 0 Å². The van der Waals surface area contributed by atoms with E-state index < -0.39 is 6.36 Å². The fourth-order valence-electron chi connectivity index (χ4n) is 0.684. The fourth-order valence-corrected chi connectivity index (χ4v) is 0.684. The molecule has 0 spiro atoms. The molecular weight excluding hydrogens is 187 g/mol. The van der Waals surface area contributed by atoms with Gasteiger partial charge in [-0.1, -0.05) is 0 Å². The molecule has 0 fully saturated rings. The van der Waals surface area contributed by atoms with Gasteiger partial charge in [-0.25, -0.2) is 0 Å². The summed E-state index contributed by atoms with van der Waals surface area (Å²) < 4.78 is 42.6. The molecule has 80 valence electrons. The molecule has 0 atom stereocenters. The minimum atomic E-state index is -4.51. The van der Waals surface area contributed by atoms with Crippen LogP contribution >= 0.6 is 0 Å². The van der Waals surface area contributed by atoms with Crippen LogP contribution in [0, 0.1) is 0 Å². The minimum Gasteiger partial charge on any atom is -0.383 e. The molecule has 0 unspecified atom stereocenters. The lowest BCUT2D eigenvalue weighted by Crippen LogP contribution is -2.23. The molecule has 0 bridgehead atoms. The van der Waals surface area contributed by atoms with Gasteiger partial charge >= 0.3 is 6.36 Å². The predicted molar refractivity (Wildman–Crippen MR) is 41.4 cm³/mol. The maximum absolute atomic E-state index is 11.4. The molecule has 6 heteroatoms. The molecule has 0 heterocycles. The molecule has 0 rings (SSSR count). The van der Waals surface area contributed by atoms with Crippen LogP contribution in [0.25, 0.3) is 0 Å². The van der Waals surface area contributed by atoms with E-state index in [2.05, 4.69) is 10.1 Å². The summed E-state index contributed by atoms with van der Waals surface area (Å²) >= 11 is 0. The van der Waals surface area contributed by atoms with E-state index >= 15 is 0 Å². The fraction of sp³-hybridized carbons (Fsp3) is 1.00. The Morgan fingerprint density at radius 1 is 1.15 bits per heavy atom. The largest absolute Gasteiger partial charge is 0.522 e. The van der Waals surface area contributed by atoms with Crippen molar-refractivity contribution in [1.29, 1.82) is 0 Å². The normalized spacial score (nSPS) is 12.0. The van der Waals surface area contributed by atoms with Crippen LogP contribution in [0.1, 0.15) is 6.42 Å². The summed E-state index contributed by atoms with van der Waals surface area (Å²) in [6.07, 6.45) is -4.17. The SMILES string of the molecule is COCCNCCCOC(F)(F)F. The lowest BCUT2D eigenvalue weighted by molar-refractivity contribution is -0.324. The van der Waals surface area contributed by atoms with Crippen LogP contribution in [0.15, 0.2) is 0 Å². The molecule has 0 saturated carbocycles. The van der Waals surface area contributed by atoms with Gasteiger partial charge in [0.05, 0.1) is 13.2 Å². The summed E-state index contributed by atoms with van der Waals surface area (Å²) in [5, 5.41) is 2.90. The third-order valence-electron chi connectivity index (χ3n) is 1.25. The highest BCUT2D eigenvalue weighted by atomic mass is 19.4. The second-order valence-corrected chi connectivity index (χ2v) is 2.39. The van der Waals surface area contributed by atoms with Crippen molar-refractivity contribution in [3.63, 3.8) is 0 Å². The third kappa shape index (κ3) is 11.7. The Morgan fingerprint density at radius 2 is 1.85 bits per heavy atom. The molecule has 0 saturated heterocycles. The van der Waals surface area contributed by atoms with Crippen LogP contribution in [0.3, 0.4) is 0 Å². The van der Waals surface area contributed by atoms with Gasteiger partial charge in [0.2, 0.25) is 0 Å². The molecule has 0 aliphatic heterocycles. The van der Waals surface area contributed by atoms with E-state index in [4.69, 9.17) is 4.74 Å². The maximum Gasteiger partial charge on any atom is 0.522 e. The van der Waals surface area contributed by atoms with Gasteiger partial charge in [0.1, 0.15) is 0 Å². The smallest absolute Gasteiger partial charge is 0.383 e. The van der Waals surface area contributed by atoms with E-state index in [1.165, 1.54) is 0 Å². The van der Waals surface area contributed by atoms with Crippen molar-refractivity contribution < 1.29 is 22.6 Å². The monoisotopic (exact) mass is 201 g/mol. The predicted octanol–water partition coefficient (Wildman–Crippen LogP) is 1.15. The lowest BCUT2D eigenvalue weighted by Gasteiger charge is -2.07. The Balaban J connectivity index is 3.00. The van der Waals surface area contributed by atoms with E-state index in [0.717, 1.165) is 0 Å². The van der Waals surface area contributed by atoms with Crippen molar-refractivity contribution in [2.24, 2.45) is 0 Å². The van der Waals surface area contributed by atoms with E-state index in [0.29, 0.717) is 26.1 Å². The lowest BCUT2D eigenvalue weighted by atomic mass is 10.4. The van der Waals surface area contributed by atoms with Gasteiger partial charge in [-0.3, -0.25) is 4.74 Å². The van der Waals surface area contributed by atoms with Crippen LogP contribution in [0.2, 0.25) is 0 Å². The summed E-state index contributed by atoms with van der Waals surface area (Å²) in [7, 11) is 1.56. The zero-order valence-electron chi connectivity index (χ0n) is 7.49. The molecule has 1 N–H and O–H groups in total. The van der Waals surface area contributed by atoms with Crippen molar-refractivity contribution in [2.75, 3.05) is 33.4 Å². The summed E-state index contributed by atoms with van der Waals surface area (Å²) in [6, 6.07) is 0. The van der Waals surface area contributed by atoms with Gasteiger partial charge in [-0.15, -0.1) is 13.2 Å². The molecule has 0 aromatic heterocycles. The van der Waals surface area contributed by atoms with Crippen molar-refractivity contribution >= 4 is 0 Å². The summed E-state index contributed by atoms with van der Waals surface area (Å²) in [5.41, 5.74) is 0. The van der Waals surface area contributed by atoms with Crippen LogP contribution in [0.5, 0.6) is 0 Å². The average Bonchev–Trinajstić information content (AvgIpc) is 2.01. The van der Waals surface area contributed by atoms with Crippen LogP contribution in [-0.2, 0) is 9.47 Å². The first-order valence-electron chi connectivity index (χ1n) is 3.96. The topological polar surface area (TPSA) is 30.5 Å². The summed E-state index contributed by atoms with van der Waals surface area (Å²) in [5.74, 6) is 0. The van der Waals surface area contributed by atoms with E-state index in [1.54, 1.807) is 7.11 Å². The Hall–Kier alpha value is -0.330. The van der Waals surface area contributed by atoms with E-state index in [1.807, 2.05) is 0 Å². The van der Waals surface area contributed by atoms with E-state index in [-0.39, 0.29) is 6.61 Å². The molecule has 0 aliphatic rings. The molecule has 13 heavy (non-hydrogen) atoms. The van der Waals surface area contributed by atoms with E-state index in [9.17, 15) is 13.2 Å². The first-order valence-corrected chi connectivity index (χ1v) is 3.96. The first kappa shape index (κ1) is 12.7. The molecular formula is C7H14F3NO2. The van der Waals surface area contributed by atoms with Crippen molar-refractivity contribution in [1.82, 2.24) is 5.32 Å². The number of nitrogens with one attached hydrogen (secondary N) is 1. The van der Waals surface area contributed by atoms with Gasteiger partial charge in [0.15, 0.2) is 0 Å². The number of hydrogen-bond acceptors (Lipinski definition) is 3. The Morgan fingerprint density at radius 3 is 2.38 bits per heavy atom. The highest BCUT2D eigenvalue weighted by Crippen LogP contribution is 2.15.